The Bertz CT molecular complexity index is 1580. The molecule has 0 N–H and O–H groups in total. The summed E-state index contributed by atoms with van der Waals surface area (Å²) in [6.07, 6.45) is 0.113. The summed E-state index contributed by atoms with van der Waals surface area (Å²) in [7, 11) is 0. The molecule has 0 saturated carbocycles. The second kappa shape index (κ2) is 12.6. The molecule has 4 aromatic rings. The van der Waals surface area contributed by atoms with Crippen LogP contribution in [0.15, 0.2) is 115 Å². The van der Waals surface area contributed by atoms with Crippen molar-refractivity contribution in [2.24, 2.45) is 0 Å². The molecule has 0 spiro atoms. The fourth-order valence-electron chi connectivity index (χ4n) is 5.02. The fraction of sp³-hybridized carbons (Fsp3) is 0.125. The largest absolute Gasteiger partial charge is 0.456 e. The molecule has 1 aliphatic heterocycles. The van der Waals surface area contributed by atoms with Crippen LogP contribution in [0.4, 0.5) is 5.69 Å². The molecule has 8 nitrogen and oxygen atoms in total. The van der Waals surface area contributed by atoms with Crippen molar-refractivity contribution in [2.75, 3.05) is 0 Å². The van der Waals surface area contributed by atoms with Gasteiger partial charge >= 0.3 is 5.97 Å². The summed E-state index contributed by atoms with van der Waals surface area (Å²) in [5.74, 6) is -0.969. The molecule has 42 heavy (non-hydrogen) atoms. The Hall–Kier alpha value is -4.46. The van der Waals surface area contributed by atoms with E-state index >= 15 is 0 Å². The lowest BCUT2D eigenvalue weighted by Gasteiger charge is -2.44. The zero-order valence-corrected chi connectivity index (χ0v) is 24.4. The van der Waals surface area contributed by atoms with Crippen LogP contribution < -0.4 is 15.9 Å². The molecule has 0 radical (unpaired) electrons. The van der Waals surface area contributed by atoms with E-state index in [9.17, 15) is 24.5 Å². The van der Waals surface area contributed by atoms with Gasteiger partial charge in [-0.3, -0.25) is 24.6 Å². The summed E-state index contributed by atoms with van der Waals surface area (Å²) in [5.41, 5.74) is 0.666. The van der Waals surface area contributed by atoms with E-state index in [4.69, 9.17) is 4.74 Å². The van der Waals surface area contributed by atoms with E-state index in [2.05, 4.69) is 0 Å². The number of carbonyl (C=O) groups excluding carboxylic acids is 3. The molecule has 5 rings (SSSR count). The van der Waals surface area contributed by atoms with Gasteiger partial charge < -0.3 is 4.74 Å². The molecule has 1 saturated heterocycles. The average molecular weight is 599 g/mol. The normalized spacial score (nSPS) is 14.5. The van der Waals surface area contributed by atoms with Crippen LogP contribution in [0.2, 0.25) is 0 Å². The van der Waals surface area contributed by atoms with Gasteiger partial charge in [-0.2, -0.15) is 0 Å². The van der Waals surface area contributed by atoms with Crippen LogP contribution in [0.25, 0.3) is 0 Å². The standard InChI is InChI=1S/C32H27N2O6PS/c1-23(35)42-30-21-29(36)33(30)31(32(37)40-22-24-17-19-25(20-18-24)34(38)39)41(26-11-5-2-6-12-26,27-13-7-3-8-14-27)28-15-9-4-10-16-28/h2-20,30H,21-22H2,1H3/t30-/m0/s1. The van der Waals surface area contributed by atoms with Gasteiger partial charge in [0.15, 0.2) is 5.12 Å². The second-order valence-electron chi connectivity index (χ2n) is 9.53. The Morgan fingerprint density at radius 1 is 0.857 bits per heavy atom. The Labute approximate surface area is 247 Å². The van der Waals surface area contributed by atoms with Crippen molar-refractivity contribution in [1.29, 1.82) is 0 Å². The molecule has 212 valence electrons. The first-order valence-corrected chi connectivity index (χ1v) is 15.8. The number of non-ortho nitro benzene ring substituents is 1. The zero-order valence-electron chi connectivity index (χ0n) is 22.7. The second-order valence-corrected chi connectivity index (χ2v) is 14.2. The monoisotopic (exact) mass is 598 g/mol. The highest BCUT2D eigenvalue weighted by Gasteiger charge is 2.48. The molecule has 1 fully saturated rings. The maximum atomic E-state index is 14.4. The maximum Gasteiger partial charge on any atom is 0.356 e. The Morgan fingerprint density at radius 3 is 1.74 bits per heavy atom. The summed E-state index contributed by atoms with van der Waals surface area (Å²) in [6, 6.07) is 34.5. The van der Waals surface area contributed by atoms with E-state index < -0.39 is 23.2 Å². The molecule has 0 aromatic heterocycles. The minimum absolute atomic E-state index is 0.0743. The number of β-lactam (4-membered cyclic amide) rings is 1. The molecule has 0 aliphatic carbocycles. The summed E-state index contributed by atoms with van der Waals surface area (Å²) in [6.45, 7) is -1.79. The number of esters is 1. The van der Waals surface area contributed by atoms with Crippen molar-refractivity contribution in [3.05, 3.63) is 131 Å². The first-order valence-electron chi connectivity index (χ1n) is 13.2. The zero-order chi connectivity index (χ0) is 29.7. The van der Waals surface area contributed by atoms with Gasteiger partial charge in [0, 0.05) is 25.9 Å². The predicted molar refractivity (Wildman–Crippen MR) is 167 cm³/mol. The first-order chi connectivity index (χ1) is 20.3. The molecule has 0 unspecified atom stereocenters. The number of rotatable bonds is 9. The van der Waals surface area contributed by atoms with Gasteiger partial charge in [-0.15, -0.1) is 0 Å². The molecule has 4 aromatic carbocycles. The van der Waals surface area contributed by atoms with Crippen LogP contribution in [0.3, 0.4) is 0 Å². The third kappa shape index (κ3) is 5.66. The highest BCUT2D eigenvalue weighted by atomic mass is 32.2. The first kappa shape index (κ1) is 29.0. The molecular formula is C32H27N2O6PS. The molecule has 1 heterocycles. The molecule has 0 bridgehead atoms. The van der Waals surface area contributed by atoms with Gasteiger partial charge in [-0.1, -0.05) is 103 Å². The van der Waals surface area contributed by atoms with Crippen LogP contribution in [0, 0.1) is 10.1 Å². The van der Waals surface area contributed by atoms with Crippen LogP contribution in [0.5, 0.6) is 0 Å². The van der Waals surface area contributed by atoms with E-state index in [0.717, 1.165) is 27.7 Å². The number of likely N-dealkylation sites (tertiary alicyclic amines) is 1. The van der Waals surface area contributed by atoms with Crippen LogP contribution >= 0.6 is 18.6 Å². The van der Waals surface area contributed by atoms with Crippen molar-refractivity contribution in [3.8, 4) is 0 Å². The van der Waals surface area contributed by atoms with Crippen LogP contribution in [-0.2, 0) is 25.7 Å². The maximum absolute atomic E-state index is 14.4. The average Bonchev–Trinajstić information content (AvgIpc) is 3.01. The van der Waals surface area contributed by atoms with E-state index in [-0.39, 0.29) is 35.2 Å². The van der Waals surface area contributed by atoms with Gasteiger partial charge in [-0.05, 0) is 33.6 Å². The van der Waals surface area contributed by atoms with Gasteiger partial charge in [0.2, 0.25) is 5.91 Å². The van der Waals surface area contributed by atoms with Gasteiger partial charge in [0.1, 0.15) is 12.0 Å². The molecule has 1 atom stereocenters. The Balaban J connectivity index is 1.78. The molecule has 1 aliphatic rings. The van der Waals surface area contributed by atoms with Crippen LogP contribution in [0.1, 0.15) is 18.9 Å². The van der Waals surface area contributed by atoms with E-state index in [1.54, 1.807) is 0 Å². The molecular weight excluding hydrogens is 571 g/mol. The smallest absolute Gasteiger partial charge is 0.356 e. The summed E-state index contributed by atoms with van der Waals surface area (Å²) in [5, 5.41) is 12.9. The third-order valence-electron chi connectivity index (χ3n) is 6.88. The number of nitro groups is 1. The summed E-state index contributed by atoms with van der Waals surface area (Å²) < 4.78 is 5.91. The lowest BCUT2D eigenvalue weighted by atomic mass is 10.2. The number of hydrogen-bond donors (Lipinski definition) is 0. The van der Waals surface area contributed by atoms with E-state index in [1.165, 1.54) is 36.1 Å². The number of nitro benzene ring substituents is 1. The van der Waals surface area contributed by atoms with Crippen molar-refractivity contribution < 1.29 is 24.0 Å². The van der Waals surface area contributed by atoms with Gasteiger partial charge in [-0.25, -0.2) is 4.79 Å². The predicted octanol–water partition coefficient (Wildman–Crippen LogP) is 4.60. The third-order valence-corrected chi connectivity index (χ3v) is 12.1. The summed E-state index contributed by atoms with van der Waals surface area (Å²) in [4.78, 5) is 52.1. The van der Waals surface area contributed by atoms with Crippen molar-refractivity contribution >= 4 is 62.7 Å². The quantitative estimate of drug-likeness (QED) is 0.0912. The number of thioether (sulfide) groups is 1. The molecule has 10 heteroatoms. The highest BCUT2D eigenvalue weighted by Crippen LogP contribution is 2.49. The topological polar surface area (TPSA) is 107 Å². The number of nitrogens with zero attached hydrogens (tertiary/aromatic N) is 2. The van der Waals surface area contributed by atoms with E-state index in [0.29, 0.717) is 5.56 Å². The van der Waals surface area contributed by atoms with E-state index in [1.807, 2.05) is 91.0 Å². The Kier molecular flexibility index (Phi) is 8.71. The fourth-order valence-corrected chi connectivity index (χ4v) is 10.4. The lowest BCUT2D eigenvalue weighted by Crippen LogP contribution is -2.58. The Morgan fingerprint density at radius 2 is 1.33 bits per heavy atom. The minimum atomic E-state index is -3.07. The number of benzene rings is 4. The number of carbonyl (C=O) groups is 3. The van der Waals surface area contributed by atoms with Crippen molar-refractivity contribution in [3.63, 3.8) is 0 Å². The minimum Gasteiger partial charge on any atom is -0.456 e. The number of ether oxygens (including phenoxy) is 1. The van der Waals surface area contributed by atoms with Crippen molar-refractivity contribution in [2.45, 2.75) is 25.3 Å². The number of amides is 1. The number of hydrogen-bond acceptors (Lipinski definition) is 7. The lowest BCUT2D eigenvalue weighted by molar-refractivity contribution is -0.384. The molecule has 1 amide bonds. The summed E-state index contributed by atoms with van der Waals surface area (Å²) >= 11 is 1.01. The SMILES string of the molecule is CC(=O)S[C@H]1CC(=O)N1C(C(=O)OCc1ccc([N+](=O)[O-])cc1)=P(c1ccccc1)(c1ccccc1)c1ccccc1. The van der Waals surface area contributed by atoms with Gasteiger partial charge in [0.05, 0.1) is 16.7 Å². The highest BCUT2D eigenvalue weighted by molar-refractivity contribution is 8.14. The van der Waals surface area contributed by atoms with Crippen molar-refractivity contribution in [1.82, 2.24) is 4.90 Å². The van der Waals surface area contributed by atoms with Crippen LogP contribution in [-0.4, -0.2) is 37.6 Å². The van der Waals surface area contributed by atoms with Gasteiger partial charge in [0.25, 0.3) is 5.69 Å².